The average Bonchev–Trinajstić information content (AvgIpc) is 2.66. The van der Waals surface area contributed by atoms with Crippen LogP contribution in [0.1, 0.15) is 27.2 Å². The van der Waals surface area contributed by atoms with Gasteiger partial charge in [0.25, 0.3) is 0 Å². The van der Waals surface area contributed by atoms with Crippen LogP contribution in [0.3, 0.4) is 0 Å². The first-order chi connectivity index (χ1) is 13.8. The smallest absolute Gasteiger partial charge is 0.243 e. The molecule has 0 bridgehead atoms. The highest BCUT2D eigenvalue weighted by Crippen LogP contribution is 2.17. The first kappa shape index (κ1) is 22.0. The van der Waals surface area contributed by atoms with Crippen LogP contribution in [-0.4, -0.2) is 25.0 Å². The number of carbonyl (C=O) groups is 2. The van der Waals surface area contributed by atoms with E-state index in [0.29, 0.717) is 30.3 Å². The maximum Gasteiger partial charge on any atom is 0.243 e. The molecule has 29 heavy (non-hydrogen) atoms. The van der Waals surface area contributed by atoms with Crippen LogP contribution in [0.25, 0.3) is 0 Å². The maximum atomic E-state index is 12.1. The molecule has 0 radical (unpaired) electrons. The molecule has 2 aromatic rings. The van der Waals surface area contributed by atoms with Gasteiger partial charge in [-0.1, -0.05) is 20.4 Å². The Balaban J connectivity index is 1.77. The Morgan fingerprint density at radius 2 is 1.41 bits per heavy atom. The number of amides is 2. The fraction of sp³-hybridized carbons (Fsp3) is 0.304. The molecule has 0 heterocycles. The number of ether oxygens (including phenoxy) is 1. The first-order valence-electron chi connectivity index (χ1n) is 9.62. The van der Waals surface area contributed by atoms with Crippen molar-refractivity contribution in [3.05, 3.63) is 60.7 Å². The summed E-state index contributed by atoms with van der Waals surface area (Å²) in [4.78, 5) is 23.9. The second-order valence-electron chi connectivity index (χ2n) is 7.40. The van der Waals surface area contributed by atoms with Gasteiger partial charge in [-0.2, -0.15) is 0 Å². The van der Waals surface area contributed by atoms with E-state index in [4.69, 9.17) is 4.74 Å². The summed E-state index contributed by atoms with van der Waals surface area (Å²) in [5.41, 5.74) is 3.16. The molecule has 0 saturated heterocycles. The van der Waals surface area contributed by atoms with Gasteiger partial charge in [-0.25, -0.2) is 0 Å². The van der Waals surface area contributed by atoms with E-state index in [9.17, 15) is 9.59 Å². The largest absolute Gasteiger partial charge is 0.489 e. The van der Waals surface area contributed by atoms with E-state index in [0.717, 1.165) is 17.0 Å². The van der Waals surface area contributed by atoms with Gasteiger partial charge >= 0.3 is 0 Å². The van der Waals surface area contributed by atoms with Crippen LogP contribution in [-0.2, 0) is 9.59 Å². The summed E-state index contributed by atoms with van der Waals surface area (Å²) in [6.07, 6.45) is 0.477. The van der Waals surface area contributed by atoms with Gasteiger partial charge < -0.3 is 20.7 Å². The van der Waals surface area contributed by atoms with Crippen molar-refractivity contribution >= 4 is 28.9 Å². The lowest BCUT2D eigenvalue weighted by atomic mass is 10.1. The van der Waals surface area contributed by atoms with Crippen molar-refractivity contribution in [2.24, 2.45) is 5.92 Å². The third kappa shape index (κ3) is 8.51. The SMILES string of the molecule is C=C(C)COc1ccc(NCC(=O)Nc2ccc(NC(=O)CC(C)C)cc2)cc1. The zero-order chi connectivity index (χ0) is 21.2. The van der Waals surface area contributed by atoms with Crippen LogP contribution in [0, 0.1) is 5.92 Å². The molecule has 0 fully saturated rings. The van der Waals surface area contributed by atoms with E-state index in [1.54, 1.807) is 24.3 Å². The number of carbonyl (C=O) groups excluding carboxylic acids is 2. The molecule has 0 aliphatic heterocycles. The minimum atomic E-state index is -0.163. The number of anilines is 3. The lowest BCUT2D eigenvalue weighted by Gasteiger charge is -2.10. The summed E-state index contributed by atoms with van der Waals surface area (Å²) < 4.78 is 5.55. The van der Waals surface area contributed by atoms with E-state index in [1.165, 1.54) is 0 Å². The Kier molecular flexibility index (Phi) is 8.27. The fourth-order valence-electron chi connectivity index (χ4n) is 2.48. The highest BCUT2D eigenvalue weighted by Gasteiger charge is 2.06. The Morgan fingerprint density at radius 1 is 0.897 bits per heavy atom. The van der Waals surface area contributed by atoms with Crippen molar-refractivity contribution in [1.82, 2.24) is 0 Å². The van der Waals surface area contributed by atoms with Crippen LogP contribution < -0.4 is 20.7 Å². The second-order valence-corrected chi connectivity index (χ2v) is 7.40. The standard InChI is InChI=1S/C23H29N3O3/c1-16(2)13-22(27)25-19-5-7-20(8-6-19)26-23(28)14-24-18-9-11-21(12-10-18)29-15-17(3)4/h5-12,16,24H,3,13-15H2,1-2,4H3,(H,25,27)(H,26,28). The molecule has 0 aromatic heterocycles. The van der Waals surface area contributed by atoms with Crippen molar-refractivity contribution in [3.63, 3.8) is 0 Å². The summed E-state index contributed by atoms with van der Waals surface area (Å²) in [5.74, 6) is 0.881. The molecule has 154 valence electrons. The van der Waals surface area contributed by atoms with Crippen LogP contribution in [0.15, 0.2) is 60.7 Å². The van der Waals surface area contributed by atoms with E-state index < -0.39 is 0 Å². The van der Waals surface area contributed by atoms with Gasteiger partial charge in [0.2, 0.25) is 11.8 Å². The number of hydrogen-bond donors (Lipinski definition) is 3. The summed E-state index contributed by atoms with van der Waals surface area (Å²) in [6, 6.07) is 14.5. The third-order valence-corrected chi connectivity index (χ3v) is 3.84. The van der Waals surface area contributed by atoms with Crippen LogP contribution >= 0.6 is 0 Å². The van der Waals surface area contributed by atoms with Gasteiger partial charge in [-0.05, 0) is 66.9 Å². The Labute approximate surface area is 172 Å². The molecule has 0 aliphatic rings. The molecule has 3 N–H and O–H groups in total. The second kappa shape index (κ2) is 10.9. The predicted molar refractivity (Wildman–Crippen MR) is 118 cm³/mol. The molecular formula is C23H29N3O3. The van der Waals surface area contributed by atoms with Crippen LogP contribution in [0.2, 0.25) is 0 Å². The topological polar surface area (TPSA) is 79.5 Å². The Hall–Kier alpha value is -3.28. The number of hydrogen-bond acceptors (Lipinski definition) is 4. The van der Waals surface area contributed by atoms with Crippen molar-refractivity contribution in [1.29, 1.82) is 0 Å². The Morgan fingerprint density at radius 3 is 1.93 bits per heavy atom. The molecular weight excluding hydrogens is 366 g/mol. The van der Waals surface area contributed by atoms with E-state index in [-0.39, 0.29) is 18.4 Å². The lowest BCUT2D eigenvalue weighted by Crippen LogP contribution is -2.21. The van der Waals surface area contributed by atoms with Crippen molar-refractivity contribution in [2.45, 2.75) is 27.2 Å². The number of nitrogens with one attached hydrogen (secondary N) is 3. The minimum absolute atomic E-state index is 0.0166. The van der Waals surface area contributed by atoms with Crippen LogP contribution in [0.4, 0.5) is 17.1 Å². The van der Waals surface area contributed by atoms with Crippen molar-refractivity contribution < 1.29 is 14.3 Å². The minimum Gasteiger partial charge on any atom is -0.489 e. The van der Waals surface area contributed by atoms with E-state index in [2.05, 4.69) is 22.5 Å². The summed E-state index contributed by atoms with van der Waals surface area (Å²) in [7, 11) is 0. The van der Waals surface area contributed by atoms with Gasteiger partial charge in [0.15, 0.2) is 0 Å². The molecule has 6 nitrogen and oxygen atoms in total. The highest BCUT2D eigenvalue weighted by atomic mass is 16.5. The highest BCUT2D eigenvalue weighted by molar-refractivity contribution is 5.94. The van der Waals surface area contributed by atoms with Crippen molar-refractivity contribution in [2.75, 3.05) is 29.1 Å². The van der Waals surface area contributed by atoms with Gasteiger partial charge in [-0.15, -0.1) is 0 Å². The zero-order valence-electron chi connectivity index (χ0n) is 17.2. The molecule has 2 amide bonds. The summed E-state index contributed by atoms with van der Waals surface area (Å²) in [5, 5.41) is 8.73. The molecule has 2 aromatic carbocycles. The molecule has 0 unspecified atom stereocenters. The lowest BCUT2D eigenvalue weighted by molar-refractivity contribution is -0.117. The normalized spacial score (nSPS) is 10.3. The van der Waals surface area contributed by atoms with E-state index in [1.807, 2.05) is 45.0 Å². The predicted octanol–water partition coefficient (Wildman–Crippen LogP) is 4.68. The van der Waals surface area contributed by atoms with Gasteiger partial charge in [0, 0.05) is 23.5 Å². The quantitative estimate of drug-likeness (QED) is 0.511. The zero-order valence-corrected chi connectivity index (χ0v) is 17.2. The van der Waals surface area contributed by atoms with E-state index >= 15 is 0 Å². The summed E-state index contributed by atoms with van der Waals surface area (Å²) >= 11 is 0. The average molecular weight is 396 g/mol. The van der Waals surface area contributed by atoms with Gasteiger partial charge in [0.1, 0.15) is 12.4 Å². The number of rotatable bonds is 10. The molecule has 0 aliphatic carbocycles. The molecule has 0 saturated carbocycles. The number of benzene rings is 2. The van der Waals surface area contributed by atoms with Gasteiger partial charge in [0.05, 0.1) is 6.54 Å². The fourth-order valence-corrected chi connectivity index (χ4v) is 2.48. The molecule has 2 rings (SSSR count). The summed E-state index contributed by atoms with van der Waals surface area (Å²) in [6.45, 7) is 10.3. The first-order valence-corrected chi connectivity index (χ1v) is 9.62. The third-order valence-electron chi connectivity index (χ3n) is 3.84. The van der Waals surface area contributed by atoms with Gasteiger partial charge in [-0.3, -0.25) is 9.59 Å². The molecule has 0 atom stereocenters. The van der Waals surface area contributed by atoms with Crippen molar-refractivity contribution in [3.8, 4) is 5.75 Å². The molecule has 0 spiro atoms. The van der Waals surface area contributed by atoms with Crippen LogP contribution in [0.5, 0.6) is 5.75 Å². The Bertz CT molecular complexity index is 827. The maximum absolute atomic E-state index is 12.1. The molecule has 6 heteroatoms. The monoisotopic (exact) mass is 395 g/mol.